The first kappa shape index (κ1) is 11.2. The summed E-state index contributed by atoms with van der Waals surface area (Å²) in [5.74, 6) is -0.245. The molecule has 2 nitrogen and oxygen atoms in total. The molecule has 0 aromatic heterocycles. The average molecular weight is 202 g/mol. The normalized spacial score (nSPS) is 8.93. The van der Waals surface area contributed by atoms with Crippen LogP contribution in [-0.4, -0.2) is 13.1 Å². The van der Waals surface area contributed by atoms with Crippen LogP contribution < -0.4 is 0 Å². The molecule has 0 atom stereocenters. The molecule has 0 spiro atoms. The van der Waals surface area contributed by atoms with Gasteiger partial charge in [0.05, 0.1) is 7.11 Å². The Hall–Kier alpha value is -1.83. The molecule has 2 aromatic carbocycles. The summed E-state index contributed by atoms with van der Waals surface area (Å²) in [5, 5.41) is 2.62. The van der Waals surface area contributed by atoms with Crippen LogP contribution in [0.1, 0.15) is 6.92 Å². The minimum absolute atomic E-state index is 0.245. The SMILES string of the molecule is COC(C)=O.c1ccc2ccccc2c1. The van der Waals surface area contributed by atoms with Crippen molar-refractivity contribution in [3.8, 4) is 0 Å². The molecule has 78 valence electrons. The number of ether oxygens (including phenoxy) is 1. The van der Waals surface area contributed by atoms with Crippen molar-refractivity contribution in [1.29, 1.82) is 0 Å². The van der Waals surface area contributed by atoms with E-state index in [1.165, 1.54) is 24.8 Å². The second-order valence-corrected chi connectivity index (χ2v) is 3.04. The van der Waals surface area contributed by atoms with Crippen molar-refractivity contribution in [3.63, 3.8) is 0 Å². The summed E-state index contributed by atoms with van der Waals surface area (Å²) in [6.07, 6.45) is 0. The number of benzene rings is 2. The van der Waals surface area contributed by atoms with Crippen molar-refractivity contribution in [2.75, 3.05) is 7.11 Å². The number of carbonyl (C=O) groups excluding carboxylic acids is 1. The van der Waals surface area contributed by atoms with Crippen molar-refractivity contribution in [2.24, 2.45) is 0 Å². The molecule has 0 saturated heterocycles. The lowest BCUT2D eigenvalue weighted by Gasteiger charge is -1.92. The van der Waals surface area contributed by atoms with E-state index < -0.39 is 0 Å². The lowest BCUT2D eigenvalue weighted by Crippen LogP contribution is -1.88. The Labute approximate surface area is 89.5 Å². The van der Waals surface area contributed by atoms with Crippen LogP contribution in [0.4, 0.5) is 0 Å². The average Bonchev–Trinajstić information content (AvgIpc) is 2.30. The van der Waals surface area contributed by atoms with Gasteiger partial charge in [0.25, 0.3) is 0 Å². The van der Waals surface area contributed by atoms with Gasteiger partial charge >= 0.3 is 5.97 Å². The third-order valence-corrected chi connectivity index (χ3v) is 1.95. The van der Waals surface area contributed by atoms with Crippen molar-refractivity contribution in [3.05, 3.63) is 48.5 Å². The Kier molecular flexibility index (Phi) is 4.35. The van der Waals surface area contributed by atoms with E-state index in [0.29, 0.717) is 0 Å². The standard InChI is InChI=1S/C10H8.C3H6O2/c1-2-6-10-8-4-3-7-9(10)5-1;1-3(4)5-2/h1-8H;1-2H3. The van der Waals surface area contributed by atoms with Gasteiger partial charge in [-0.1, -0.05) is 48.5 Å². The molecule has 0 aliphatic rings. The van der Waals surface area contributed by atoms with Crippen molar-refractivity contribution in [2.45, 2.75) is 6.92 Å². The maximum atomic E-state index is 9.59. The second kappa shape index (κ2) is 5.81. The fourth-order valence-electron chi connectivity index (χ4n) is 1.13. The Morgan fingerprint density at radius 1 is 0.933 bits per heavy atom. The van der Waals surface area contributed by atoms with Gasteiger partial charge in [-0.05, 0) is 10.8 Å². The fourth-order valence-corrected chi connectivity index (χ4v) is 1.13. The minimum atomic E-state index is -0.245. The smallest absolute Gasteiger partial charge is 0.302 e. The van der Waals surface area contributed by atoms with Crippen LogP contribution >= 0.6 is 0 Å². The maximum absolute atomic E-state index is 9.59. The Morgan fingerprint density at radius 3 is 1.40 bits per heavy atom. The highest BCUT2D eigenvalue weighted by Crippen LogP contribution is 2.11. The third kappa shape index (κ3) is 3.81. The summed E-state index contributed by atoms with van der Waals surface area (Å²) in [6.45, 7) is 1.36. The predicted octanol–water partition coefficient (Wildman–Crippen LogP) is 3.02. The molecule has 2 aromatic rings. The minimum Gasteiger partial charge on any atom is -0.469 e. The van der Waals surface area contributed by atoms with Gasteiger partial charge in [0.1, 0.15) is 0 Å². The van der Waals surface area contributed by atoms with Gasteiger partial charge in [-0.15, -0.1) is 0 Å². The molecule has 0 aliphatic heterocycles. The Bertz CT molecular complexity index is 370. The number of rotatable bonds is 0. The summed E-state index contributed by atoms with van der Waals surface area (Å²) in [7, 11) is 1.35. The van der Waals surface area contributed by atoms with Crippen LogP contribution in [0.2, 0.25) is 0 Å². The van der Waals surface area contributed by atoms with Gasteiger partial charge < -0.3 is 4.74 Å². The van der Waals surface area contributed by atoms with E-state index in [1.54, 1.807) is 0 Å². The van der Waals surface area contributed by atoms with E-state index in [0.717, 1.165) is 0 Å². The number of methoxy groups -OCH3 is 1. The van der Waals surface area contributed by atoms with E-state index in [2.05, 4.69) is 53.3 Å². The summed E-state index contributed by atoms with van der Waals surface area (Å²) in [5.41, 5.74) is 0. The zero-order chi connectivity index (χ0) is 11.1. The van der Waals surface area contributed by atoms with Crippen LogP contribution in [0.25, 0.3) is 10.8 Å². The van der Waals surface area contributed by atoms with Crippen molar-refractivity contribution >= 4 is 16.7 Å². The summed E-state index contributed by atoms with van der Waals surface area (Å²) in [4.78, 5) is 9.59. The summed E-state index contributed by atoms with van der Waals surface area (Å²) in [6, 6.07) is 16.7. The molecule has 15 heavy (non-hydrogen) atoms. The first-order valence-electron chi connectivity index (χ1n) is 4.72. The molecular formula is C13H14O2. The molecule has 0 saturated carbocycles. The molecule has 2 heteroatoms. The third-order valence-electron chi connectivity index (χ3n) is 1.95. The van der Waals surface area contributed by atoms with E-state index in [9.17, 15) is 4.79 Å². The topological polar surface area (TPSA) is 26.3 Å². The quantitative estimate of drug-likeness (QED) is 0.614. The highest BCUT2D eigenvalue weighted by molar-refractivity contribution is 5.81. The molecule has 2 rings (SSSR count). The van der Waals surface area contributed by atoms with Gasteiger partial charge in [0, 0.05) is 6.92 Å². The molecule has 0 unspecified atom stereocenters. The van der Waals surface area contributed by atoms with E-state index in [1.807, 2.05) is 0 Å². The number of esters is 1. The van der Waals surface area contributed by atoms with Crippen molar-refractivity contribution < 1.29 is 9.53 Å². The Morgan fingerprint density at radius 2 is 1.20 bits per heavy atom. The number of hydrogen-bond acceptors (Lipinski definition) is 2. The molecule has 0 radical (unpaired) electrons. The van der Waals surface area contributed by atoms with Crippen LogP contribution in [0, 0.1) is 0 Å². The predicted molar refractivity (Wildman–Crippen MR) is 61.6 cm³/mol. The maximum Gasteiger partial charge on any atom is 0.302 e. The fraction of sp³-hybridized carbons (Fsp3) is 0.154. The van der Waals surface area contributed by atoms with E-state index >= 15 is 0 Å². The summed E-state index contributed by atoms with van der Waals surface area (Å²) >= 11 is 0. The number of hydrogen-bond donors (Lipinski definition) is 0. The molecule has 0 bridgehead atoms. The van der Waals surface area contributed by atoms with Gasteiger partial charge in [0.15, 0.2) is 0 Å². The highest BCUT2D eigenvalue weighted by Gasteiger charge is 1.85. The van der Waals surface area contributed by atoms with Crippen LogP contribution in [0.5, 0.6) is 0 Å². The van der Waals surface area contributed by atoms with Gasteiger partial charge in [-0.3, -0.25) is 4.79 Å². The zero-order valence-electron chi connectivity index (χ0n) is 8.94. The lowest BCUT2D eigenvalue weighted by molar-refractivity contribution is -0.137. The first-order chi connectivity index (χ1) is 7.24. The second-order valence-electron chi connectivity index (χ2n) is 3.04. The van der Waals surface area contributed by atoms with Crippen LogP contribution in [0.3, 0.4) is 0 Å². The van der Waals surface area contributed by atoms with Crippen LogP contribution in [0.15, 0.2) is 48.5 Å². The monoisotopic (exact) mass is 202 g/mol. The zero-order valence-corrected chi connectivity index (χ0v) is 8.94. The number of carbonyl (C=O) groups is 1. The summed E-state index contributed by atoms with van der Waals surface area (Å²) < 4.78 is 4.11. The number of fused-ring (bicyclic) bond motifs is 1. The molecule has 0 aliphatic carbocycles. The van der Waals surface area contributed by atoms with Gasteiger partial charge in [0.2, 0.25) is 0 Å². The molecule has 0 N–H and O–H groups in total. The van der Waals surface area contributed by atoms with Gasteiger partial charge in [-0.2, -0.15) is 0 Å². The van der Waals surface area contributed by atoms with Crippen molar-refractivity contribution in [1.82, 2.24) is 0 Å². The van der Waals surface area contributed by atoms with E-state index in [-0.39, 0.29) is 5.97 Å². The van der Waals surface area contributed by atoms with Crippen LogP contribution in [-0.2, 0) is 9.53 Å². The largest absolute Gasteiger partial charge is 0.469 e. The van der Waals surface area contributed by atoms with Gasteiger partial charge in [-0.25, -0.2) is 0 Å². The molecule has 0 heterocycles. The molecule has 0 fully saturated rings. The first-order valence-corrected chi connectivity index (χ1v) is 4.72. The highest BCUT2D eigenvalue weighted by atomic mass is 16.5. The molecular weight excluding hydrogens is 188 g/mol. The lowest BCUT2D eigenvalue weighted by atomic mass is 10.1. The Balaban J connectivity index is 0.000000195. The van der Waals surface area contributed by atoms with E-state index in [4.69, 9.17) is 0 Å². The molecule has 0 amide bonds.